The highest BCUT2D eigenvalue weighted by Crippen LogP contribution is 2.24. The van der Waals surface area contributed by atoms with Crippen molar-refractivity contribution in [2.24, 2.45) is 5.18 Å². The van der Waals surface area contributed by atoms with Crippen LogP contribution in [-0.2, 0) is 11.2 Å². The van der Waals surface area contributed by atoms with Gasteiger partial charge in [0.25, 0.3) is 0 Å². The lowest BCUT2D eigenvalue weighted by molar-refractivity contribution is 0.0528. The molecule has 0 fully saturated rings. The van der Waals surface area contributed by atoms with Gasteiger partial charge in [0.05, 0.1) is 0 Å². The summed E-state index contributed by atoms with van der Waals surface area (Å²) in [4.78, 5) is 22.2. The fourth-order valence-electron chi connectivity index (χ4n) is 1.96. The topological polar surface area (TPSA) is 67.8 Å². The monoisotopic (exact) mass is 278 g/mol. The molecule has 0 bridgehead atoms. The number of carbonyl (C=O) groups is 1. The van der Waals surface area contributed by atoms with Crippen molar-refractivity contribution >= 4 is 11.8 Å². The Morgan fingerprint density at radius 1 is 1.25 bits per heavy atom. The van der Waals surface area contributed by atoms with Crippen LogP contribution >= 0.6 is 0 Å². The molecule has 0 atom stereocenters. The molecular formula is C15H22N2O3. The molecule has 110 valence electrons. The molecule has 1 N–H and O–H groups in total. The first-order chi connectivity index (χ1) is 9.23. The summed E-state index contributed by atoms with van der Waals surface area (Å²) in [5.74, 6) is 0. The molecule has 20 heavy (non-hydrogen) atoms. The molecule has 1 aromatic rings. The van der Waals surface area contributed by atoms with Crippen LogP contribution in [-0.4, -0.2) is 18.2 Å². The smallest absolute Gasteiger partial charge is 0.407 e. The summed E-state index contributed by atoms with van der Waals surface area (Å²) in [7, 11) is 0. The molecule has 0 aliphatic carbocycles. The Bertz CT molecular complexity index is 481. The van der Waals surface area contributed by atoms with Crippen molar-refractivity contribution in [3.63, 3.8) is 0 Å². The van der Waals surface area contributed by atoms with Crippen molar-refractivity contribution in [2.45, 2.75) is 46.6 Å². The van der Waals surface area contributed by atoms with Crippen molar-refractivity contribution < 1.29 is 9.53 Å². The highest BCUT2D eigenvalue weighted by atomic mass is 16.6. The molecule has 0 saturated heterocycles. The fourth-order valence-corrected chi connectivity index (χ4v) is 1.96. The molecule has 5 nitrogen and oxygen atoms in total. The highest BCUT2D eigenvalue weighted by Gasteiger charge is 2.15. The van der Waals surface area contributed by atoms with E-state index in [0.717, 1.165) is 16.7 Å². The van der Waals surface area contributed by atoms with E-state index in [1.807, 2.05) is 46.8 Å². The SMILES string of the molecule is Cc1cc(CCNC(=O)OC(C)(C)C)cc(C)c1N=O. The van der Waals surface area contributed by atoms with Gasteiger partial charge in [0.1, 0.15) is 11.3 Å². The van der Waals surface area contributed by atoms with E-state index in [1.54, 1.807) is 0 Å². The number of aryl methyl sites for hydroxylation is 2. The van der Waals surface area contributed by atoms with Gasteiger partial charge in [0, 0.05) is 6.54 Å². The number of alkyl carbamates (subject to hydrolysis) is 1. The van der Waals surface area contributed by atoms with Crippen LogP contribution in [0.1, 0.15) is 37.5 Å². The second kappa shape index (κ2) is 6.50. The van der Waals surface area contributed by atoms with Crippen molar-refractivity contribution in [3.05, 3.63) is 33.7 Å². The number of nitrogens with one attached hydrogen (secondary N) is 1. The van der Waals surface area contributed by atoms with Gasteiger partial charge in [-0.1, -0.05) is 12.1 Å². The molecule has 0 radical (unpaired) electrons. The van der Waals surface area contributed by atoms with Gasteiger partial charge >= 0.3 is 6.09 Å². The fraction of sp³-hybridized carbons (Fsp3) is 0.533. The first-order valence-corrected chi connectivity index (χ1v) is 6.63. The molecule has 1 rings (SSSR count). The van der Waals surface area contributed by atoms with Gasteiger partial charge in [-0.25, -0.2) is 4.79 Å². The van der Waals surface area contributed by atoms with Gasteiger partial charge in [0.15, 0.2) is 0 Å². The molecule has 1 aromatic carbocycles. The minimum Gasteiger partial charge on any atom is -0.444 e. The lowest BCUT2D eigenvalue weighted by atomic mass is 10.0. The average Bonchev–Trinajstić information content (AvgIpc) is 2.26. The number of carbonyl (C=O) groups excluding carboxylic acids is 1. The number of benzene rings is 1. The van der Waals surface area contributed by atoms with E-state index in [2.05, 4.69) is 10.5 Å². The van der Waals surface area contributed by atoms with E-state index in [1.165, 1.54) is 0 Å². The highest BCUT2D eigenvalue weighted by molar-refractivity contribution is 5.67. The van der Waals surface area contributed by atoms with Crippen molar-refractivity contribution in [1.82, 2.24) is 5.32 Å². The second-order valence-electron chi connectivity index (χ2n) is 5.85. The maximum absolute atomic E-state index is 11.5. The van der Waals surface area contributed by atoms with Gasteiger partial charge in [-0.3, -0.25) is 0 Å². The summed E-state index contributed by atoms with van der Waals surface area (Å²) >= 11 is 0. The van der Waals surface area contributed by atoms with Gasteiger partial charge in [0.2, 0.25) is 0 Å². The molecule has 5 heteroatoms. The lowest BCUT2D eigenvalue weighted by Gasteiger charge is -2.19. The third-order valence-electron chi connectivity index (χ3n) is 2.72. The van der Waals surface area contributed by atoms with Crippen LogP contribution in [0.4, 0.5) is 10.5 Å². The first kappa shape index (κ1) is 16.1. The summed E-state index contributed by atoms with van der Waals surface area (Å²) in [6.45, 7) is 9.67. The summed E-state index contributed by atoms with van der Waals surface area (Å²) in [6.07, 6.45) is 0.261. The summed E-state index contributed by atoms with van der Waals surface area (Å²) in [6, 6.07) is 3.83. The van der Waals surface area contributed by atoms with Gasteiger partial charge in [-0.15, -0.1) is 4.91 Å². The van der Waals surface area contributed by atoms with E-state index < -0.39 is 11.7 Å². The zero-order valence-electron chi connectivity index (χ0n) is 12.7. The first-order valence-electron chi connectivity index (χ1n) is 6.63. The Kier molecular flexibility index (Phi) is 5.25. The van der Waals surface area contributed by atoms with E-state index in [0.29, 0.717) is 18.7 Å². The molecule has 0 aromatic heterocycles. The van der Waals surface area contributed by atoms with E-state index in [-0.39, 0.29) is 0 Å². The number of hydrogen-bond donors (Lipinski definition) is 1. The largest absolute Gasteiger partial charge is 0.444 e. The zero-order valence-corrected chi connectivity index (χ0v) is 12.7. The number of hydrogen-bond acceptors (Lipinski definition) is 4. The lowest BCUT2D eigenvalue weighted by Crippen LogP contribution is -2.33. The molecule has 0 saturated carbocycles. The van der Waals surface area contributed by atoms with E-state index in [4.69, 9.17) is 4.74 Å². The van der Waals surface area contributed by atoms with Gasteiger partial charge in [-0.05, 0) is 62.9 Å². The molecule has 0 heterocycles. The Balaban J connectivity index is 2.55. The molecule has 0 aliphatic rings. The van der Waals surface area contributed by atoms with Crippen LogP contribution in [0.3, 0.4) is 0 Å². The second-order valence-corrected chi connectivity index (χ2v) is 5.85. The molecule has 0 unspecified atom stereocenters. The third-order valence-corrected chi connectivity index (χ3v) is 2.72. The molecule has 0 spiro atoms. The maximum atomic E-state index is 11.5. The third kappa shape index (κ3) is 4.99. The minimum absolute atomic E-state index is 0.419. The van der Waals surface area contributed by atoms with Crippen LogP contribution in [0, 0.1) is 18.8 Å². The Morgan fingerprint density at radius 2 is 1.80 bits per heavy atom. The maximum Gasteiger partial charge on any atom is 0.407 e. The van der Waals surface area contributed by atoms with Gasteiger partial charge in [-0.2, -0.15) is 0 Å². The van der Waals surface area contributed by atoms with Crippen molar-refractivity contribution in [3.8, 4) is 0 Å². The predicted octanol–water partition coefficient (Wildman–Crippen LogP) is 3.77. The predicted molar refractivity (Wildman–Crippen MR) is 79.3 cm³/mol. The van der Waals surface area contributed by atoms with Crippen LogP contribution in [0.2, 0.25) is 0 Å². The number of rotatable bonds is 4. The number of nitrogens with zero attached hydrogens (tertiary/aromatic N) is 1. The number of ether oxygens (including phenoxy) is 1. The number of amides is 1. The molecule has 0 aliphatic heterocycles. The average molecular weight is 278 g/mol. The summed E-state index contributed by atoms with van der Waals surface area (Å²) in [5.41, 5.74) is 2.77. The Morgan fingerprint density at radius 3 is 2.25 bits per heavy atom. The Hall–Kier alpha value is -1.91. The standard InChI is InChI=1S/C15H22N2O3/c1-10-8-12(9-11(2)13(10)17-19)6-7-16-14(18)20-15(3,4)5/h8-9H,6-7H2,1-5H3,(H,16,18). The van der Waals surface area contributed by atoms with Gasteiger partial charge < -0.3 is 10.1 Å². The van der Waals surface area contributed by atoms with E-state index >= 15 is 0 Å². The van der Waals surface area contributed by atoms with Crippen LogP contribution in [0.15, 0.2) is 17.3 Å². The normalized spacial score (nSPS) is 11.1. The minimum atomic E-state index is -0.492. The van der Waals surface area contributed by atoms with Crippen LogP contribution in [0.25, 0.3) is 0 Å². The van der Waals surface area contributed by atoms with Crippen LogP contribution < -0.4 is 5.32 Å². The van der Waals surface area contributed by atoms with Crippen molar-refractivity contribution in [1.29, 1.82) is 0 Å². The summed E-state index contributed by atoms with van der Waals surface area (Å²) < 4.78 is 5.15. The molecule has 1 amide bonds. The Labute approximate surface area is 119 Å². The summed E-state index contributed by atoms with van der Waals surface area (Å²) in [5, 5.41) is 5.73. The van der Waals surface area contributed by atoms with Crippen molar-refractivity contribution in [2.75, 3.05) is 6.54 Å². The molecular weight excluding hydrogens is 256 g/mol. The quantitative estimate of drug-likeness (QED) is 0.852. The van der Waals surface area contributed by atoms with E-state index in [9.17, 15) is 9.70 Å². The zero-order chi connectivity index (χ0) is 15.3. The number of nitroso groups, excluding NO2 is 1. The van der Waals surface area contributed by atoms with Crippen LogP contribution in [0.5, 0.6) is 0 Å².